The number of hydrogen-bond acceptors (Lipinski definition) is 4. The summed E-state index contributed by atoms with van der Waals surface area (Å²) in [6, 6.07) is 10.6. The smallest absolute Gasteiger partial charge is 0.193 e. The zero-order valence-corrected chi connectivity index (χ0v) is 19.9. The molecule has 0 unspecified atom stereocenters. The summed E-state index contributed by atoms with van der Waals surface area (Å²) in [6.07, 6.45) is 4.69. The highest BCUT2D eigenvalue weighted by atomic mass is 127. The highest BCUT2D eigenvalue weighted by Gasteiger charge is 2.21. The molecule has 1 N–H and O–H groups in total. The van der Waals surface area contributed by atoms with Crippen LogP contribution in [0, 0.1) is 5.92 Å². The van der Waals surface area contributed by atoms with E-state index in [0.717, 1.165) is 50.2 Å². The molecule has 1 fully saturated rings. The van der Waals surface area contributed by atoms with E-state index in [0.29, 0.717) is 6.54 Å². The molecule has 2 aromatic rings. The number of guanidine groups is 1. The van der Waals surface area contributed by atoms with Crippen molar-refractivity contribution in [2.24, 2.45) is 10.9 Å². The number of rotatable bonds is 10. The third kappa shape index (κ3) is 8.05. The molecule has 0 spiro atoms. The molecule has 1 aliphatic rings. The summed E-state index contributed by atoms with van der Waals surface area (Å²) in [5.41, 5.74) is 2.43. The van der Waals surface area contributed by atoms with E-state index in [1.54, 1.807) is 11.3 Å². The second-order valence-corrected chi connectivity index (χ2v) is 8.00. The molecule has 0 aliphatic heterocycles. The molecule has 1 aromatic carbocycles. The van der Waals surface area contributed by atoms with Crippen LogP contribution in [0.4, 0.5) is 0 Å². The molecular formula is C21H31IN4OS. The largest absolute Gasteiger partial charge is 0.379 e. The standard InChI is InChI=1S/C21H30N4OS.HI/c1-22-21(25(2)12-13-26-15-18-8-9-18)23-14-19-16-27-20(24-19)11-10-17-6-4-3-5-7-17;/h3-7,16,18H,8-15H2,1-2H3,(H,22,23);1H. The van der Waals surface area contributed by atoms with E-state index in [1.807, 2.05) is 14.1 Å². The summed E-state index contributed by atoms with van der Waals surface area (Å²) in [5, 5.41) is 6.72. The Morgan fingerprint density at radius 2 is 2.07 bits per heavy atom. The van der Waals surface area contributed by atoms with Crippen LogP contribution in [-0.4, -0.2) is 49.7 Å². The van der Waals surface area contributed by atoms with E-state index in [2.05, 4.69) is 50.9 Å². The second-order valence-electron chi connectivity index (χ2n) is 7.06. The Hall–Kier alpha value is -1.19. The predicted octanol–water partition coefficient (Wildman–Crippen LogP) is 3.98. The van der Waals surface area contributed by atoms with Crippen LogP contribution in [0.15, 0.2) is 40.7 Å². The van der Waals surface area contributed by atoms with E-state index < -0.39 is 0 Å². The van der Waals surface area contributed by atoms with Gasteiger partial charge in [-0.1, -0.05) is 30.3 Å². The average Bonchev–Trinajstić information content (AvgIpc) is 3.42. The van der Waals surface area contributed by atoms with Gasteiger partial charge in [-0.25, -0.2) is 4.98 Å². The summed E-state index contributed by atoms with van der Waals surface area (Å²) < 4.78 is 5.72. The second kappa shape index (κ2) is 12.4. The lowest BCUT2D eigenvalue weighted by Gasteiger charge is -2.21. The van der Waals surface area contributed by atoms with Crippen molar-refractivity contribution in [2.75, 3.05) is 33.9 Å². The molecule has 1 saturated carbocycles. The van der Waals surface area contributed by atoms with Crippen LogP contribution in [0.2, 0.25) is 0 Å². The van der Waals surface area contributed by atoms with Crippen LogP contribution in [-0.2, 0) is 24.1 Å². The molecule has 0 bridgehead atoms. The predicted molar refractivity (Wildman–Crippen MR) is 128 cm³/mol. The van der Waals surface area contributed by atoms with Gasteiger partial charge in [0.05, 0.1) is 23.9 Å². The number of nitrogens with one attached hydrogen (secondary N) is 1. The Morgan fingerprint density at radius 1 is 1.29 bits per heavy atom. The molecule has 0 amide bonds. The monoisotopic (exact) mass is 514 g/mol. The minimum Gasteiger partial charge on any atom is -0.379 e. The number of halogens is 1. The van der Waals surface area contributed by atoms with Crippen LogP contribution in [0.5, 0.6) is 0 Å². The number of benzene rings is 1. The van der Waals surface area contributed by atoms with Crippen molar-refractivity contribution >= 4 is 41.3 Å². The summed E-state index contributed by atoms with van der Waals surface area (Å²) in [6.45, 7) is 3.19. The maximum atomic E-state index is 5.72. The van der Waals surface area contributed by atoms with Crippen LogP contribution in [0.1, 0.15) is 29.1 Å². The average molecular weight is 514 g/mol. The van der Waals surface area contributed by atoms with Gasteiger partial charge in [0.15, 0.2) is 5.96 Å². The lowest BCUT2D eigenvalue weighted by molar-refractivity contribution is 0.115. The highest BCUT2D eigenvalue weighted by molar-refractivity contribution is 14.0. The van der Waals surface area contributed by atoms with Gasteiger partial charge in [0, 0.05) is 39.0 Å². The molecule has 1 heterocycles. The number of thiazole rings is 1. The molecule has 154 valence electrons. The Morgan fingerprint density at radius 3 is 2.79 bits per heavy atom. The Kier molecular flexibility index (Phi) is 10.2. The van der Waals surface area contributed by atoms with E-state index in [4.69, 9.17) is 9.72 Å². The molecule has 0 atom stereocenters. The minimum atomic E-state index is 0. The lowest BCUT2D eigenvalue weighted by Crippen LogP contribution is -2.40. The summed E-state index contributed by atoms with van der Waals surface area (Å²) >= 11 is 1.74. The Balaban J connectivity index is 0.00000280. The van der Waals surface area contributed by atoms with E-state index in [-0.39, 0.29) is 24.0 Å². The Bertz CT molecular complexity index is 718. The molecule has 0 saturated heterocycles. The number of likely N-dealkylation sites (N-methyl/N-ethyl adjacent to an activating group) is 1. The van der Waals surface area contributed by atoms with Gasteiger partial charge < -0.3 is 15.0 Å². The molecule has 1 aromatic heterocycles. The van der Waals surface area contributed by atoms with E-state index in [1.165, 1.54) is 23.4 Å². The van der Waals surface area contributed by atoms with E-state index >= 15 is 0 Å². The van der Waals surface area contributed by atoms with Crippen molar-refractivity contribution in [3.63, 3.8) is 0 Å². The first kappa shape index (κ1) is 23.1. The number of nitrogens with zero attached hydrogens (tertiary/aromatic N) is 3. The maximum Gasteiger partial charge on any atom is 0.193 e. The number of aromatic nitrogens is 1. The van der Waals surface area contributed by atoms with Crippen molar-refractivity contribution in [2.45, 2.75) is 32.2 Å². The van der Waals surface area contributed by atoms with Gasteiger partial charge in [-0.3, -0.25) is 4.99 Å². The van der Waals surface area contributed by atoms with Crippen molar-refractivity contribution in [3.8, 4) is 0 Å². The van der Waals surface area contributed by atoms with Crippen molar-refractivity contribution in [3.05, 3.63) is 52.0 Å². The minimum absolute atomic E-state index is 0. The lowest BCUT2D eigenvalue weighted by atomic mass is 10.1. The number of aryl methyl sites for hydroxylation is 2. The van der Waals surface area contributed by atoms with Gasteiger partial charge in [0.1, 0.15) is 0 Å². The summed E-state index contributed by atoms with van der Waals surface area (Å²) in [5.74, 6) is 1.69. The number of hydrogen-bond donors (Lipinski definition) is 1. The molecule has 5 nitrogen and oxygen atoms in total. The summed E-state index contributed by atoms with van der Waals surface area (Å²) in [7, 11) is 3.86. The zero-order valence-electron chi connectivity index (χ0n) is 16.8. The van der Waals surface area contributed by atoms with Gasteiger partial charge in [-0.2, -0.15) is 0 Å². The molecule has 1 aliphatic carbocycles. The molecule has 3 rings (SSSR count). The van der Waals surface area contributed by atoms with Gasteiger partial charge in [0.2, 0.25) is 0 Å². The third-order valence-electron chi connectivity index (χ3n) is 4.69. The fraction of sp³-hybridized carbons (Fsp3) is 0.524. The van der Waals surface area contributed by atoms with Crippen LogP contribution < -0.4 is 5.32 Å². The Labute approximate surface area is 189 Å². The fourth-order valence-corrected chi connectivity index (χ4v) is 3.64. The molecule has 0 radical (unpaired) electrons. The third-order valence-corrected chi connectivity index (χ3v) is 5.65. The molecule has 7 heteroatoms. The number of aliphatic imine (C=N–C) groups is 1. The van der Waals surface area contributed by atoms with Crippen molar-refractivity contribution < 1.29 is 4.74 Å². The van der Waals surface area contributed by atoms with Gasteiger partial charge in [-0.15, -0.1) is 35.3 Å². The van der Waals surface area contributed by atoms with E-state index in [9.17, 15) is 0 Å². The van der Waals surface area contributed by atoms with Crippen LogP contribution in [0.25, 0.3) is 0 Å². The zero-order chi connectivity index (χ0) is 18.9. The topological polar surface area (TPSA) is 49.8 Å². The van der Waals surface area contributed by atoms with Crippen molar-refractivity contribution in [1.29, 1.82) is 0 Å². The van der Waals surface area contributed by atoms with Crippen molar-refractivity contribution in [1.82, 2.24) is 15.2 Å². The molecular weight excluding hydrogens is 483 g/mol. The quantitative estimate of drug-likeness (QED) is 0.226. The highest BCUT2D eigenvalue weighted by Crippen LogP contribution is 2.28. The SMILES string of the molecule is CN=C(NCc1csc(CCc2ccccc2)n1)N(C)CCOCC1CC1.I. The normalized spacial score (nSPS) is 13.9. The van der Waals surface area contributed by atoms with Gasteiger partial charge in [0.25, 0.3) is 0 Å². The summed E-state index contributed by atoms with van der Waals surface area (Å²) in [4.78, 5) is 11.2. The first-order valence-electron chi connectivity index (χ1n) is 9.71. The molecule has 28 heavy (non-hydrogen) atoms. The van der Waals surface area contributed by atoms with Gasteiger partial charge >= 0.3 is 0 Å². The van der Waals surface area contributed by atoms with Gasteiger partial charge in [-0.05, 0) is 30.7 Å². The first-order valence-corrected chi connectivity index (χ1v) is 10.6. The van der Waals surface area contributed by atoms with Crippen LogP contribution >= 0.6 is 35.3 Å². The number of ether oxygens (including phenoxy) is 1. The first-order chi connectivity index (χ1) is 13.2. The maximum absolute atomic E-state index is 5.72. The fourth-order valence-electron chi connectivity index (χ4n) is 2.84. The van der Waals surface area contributed by atoms with Crippen LogP contribution in [0.3, 0.4) is 0 Å².